The Bertz CT molecular complexity index is 238. The topological polar surface area (TPSA) is 12.0 Å². The molecule has 1 heteroatoms. The molecule has 0 aromatic carbocycles. The van der Waals surface area contributed by atoms with Gasteiger partial charge in [-0.15, -0.1) is 0 Å². The van der Waals surface area contributed by atoms with Crippen molar-refractivity contribution in [3.05, 3.63) is 0 Å². The van der Waals surface area contributed by atoms with E-state index in [0.717, 1.165) is 23.8 Å². The van der Waals surface area contributed by atoms with Crippen molar-refractivity contribution in [3.8, 4) is 0 Å². The largest absolute Gasteiger partial charge is 0.314 e. The van der Waals surface area contributed by atoms with Crippen LogP contribution in [0.5, 0.6) is 0 Å². The van der Waals surface area contributed by atoms with E-state index < -0.39 is 0 Å². The standard InChI is InChI=1S/C19H37N/c1-3-5-6-7-8-9-14-18(20-15-4-2)19-16-12-10-11-13-17(16)19/h16-20H,3-15H2,1-2H3. The summed E-state index contributed by atoms with van der Waals surface area (Å²) in [4.78, 5) is 0. The Balaban J connectivity index is 1.65. The lowest BCUT2D eigenvalue weighted by molar-refractivity contribution is 0.390. The third kappa shape index (κ3) is 4.76. The molecule has 3 unspecified atom stereocenters. The van der Waals surface area contributed by atoms with Crippen LogP contribution in [0.2, 0.25) is 0 Å². The average molecular weight is 280 g/mol. The van der Waals surface area contributed by atoms with Gasteiger partial charge >= 0.3 is 0 Å². The highest BCUT2D eigenvalue weighted by Crippen LogP contribution is 2.57. The summed E-state index contributed by atoms with van der Waals surface area (Å²) in [7, 11) is 0. The molecule has 20 heavy (non-hydrogen) atoms. The third-order valence-corrected chi connectivity index (χ3v) is 5.71. The van der Waals surface area contributed by atoms with Gasteiger partial charge in [0.2, 0.25) is 0 Å². The molecule has 2 aliphatic carbocycles. The van der Waals surface area contributed by atoms with Gasteiger partial charge in [0.25, 0.3) is 0 Å². The van der Waals surface area contributed by atoms with Gasteiger partial charge in [-0.2, -0.15) is 0 Å². The van der Waals surface area contributed by atoms with Crippen molar-refractivity contribution in [1.29, 1.82) is 0 Å². The molecular weight excluding hydrogens is 242 g/mol. The van der Waals surface area contributed by atoms with E-state index in [9.17, 15) is 0 Å². The first-order chi connectivity index (χ1) is 9.88. The number of unbranched alkanes of at least 4 members (excludes halogenated alkanes) is 5. The number of fused-ring (bicyclic) bond motifs is 1. The molecule has 2 rings (SSSR count). The molecule has 0 amide bonds. The Morgan fingerprint density at radius 3 is 2.15 bits per heavy atom. The Hall–Kier alpha value is -0.0400. The summed E-state index contributed by atoms with van der Waals surface area (Å²) in [6.45, 7) is 5.84. The zero-order valence-corrected chi connectivity index (χ0v) is 14.0. The molecule has 0 spiro atoms. The maximum atomic E-state index is 3.89. The van der Waals surface area contributed by atoms with Gasteiger partial charge < -0.3 is 5.32 Å². The highest BCUT2D eigenvalue weighted by atomic mass is 14.9. The van der Waals surface area contributed by atoms with Crippen molar-refractivity contribution in [1.82, 2.24) is 5.32 Å². The lowest BCUT2D eigenvalue weighted by Gasteiger charge is -2.19. The lowest BCUT2D eigenvalue weighted by Crippen LogP contribution is -2.32. The van der Waals surface area contributed by atoms with Gasteiger partial charge in [-0.05, 0) is 50.0 Å². The van der Waals surface area contributed by atoms with Crippen molar-refractivity contribution in [2.45, 2.75) is 96.9 Å². The minimum Gasteiger partial charge on any atom is -0.314 e. The third-order valence-electron chi connectivity index (χ3n) is 5.71. The van der Waals surface area contributed by atoms with E-state index in [1.165, 1.54) is 83.6 Å². The Kier molecular flexibility index (Phi) is 7.41. The maximum Gasteiger partial charge on any atom is 0.0101 e. The van der Waals surface area contributed by atoms with Crippen molar-refractivity contribution in [2.75, 3.05) is 6.54 Å². The number of nitrogens with one attached hydrogen (secondary N) is 1. The van der Waals surface area contributed by atoms with Crippen LogP contribution in [0.1, 0.15) is 90.9 Å². The fraction of sp³-hybridized carbons (Fsp3) is 1.00. The Morgan fingerprint density at radius 2 is 1.50 bits per heavy atom. The van der Waals surface area contributed by atoms with Gasteiger partial charge in [-0.3, -0.25) is 0 Å². The molecule has 0 heterocycles. The van der Waals surface area contributed by atoms with Gasteiger partial charge in [-0.25, -0.2) is 0 Å². The van der Waals surface area contributed by atoms with Crippen LogP contribution in [0.4, 0.5) is 0 Å². The molecule has 0 aliphatic heterocycles. The molecule has 2 fully saturated rings. The van der Waals surface area contributed by atoms with E-state index in [4.69, 9.17) is 0 Å². The first-order valence-electron chi connectivity index (χ1n) is 9.61. The van der Waals surface area contributed by atoms with E-state index in [2.05, 4.69) is 19.2 Å². The molecule has 1 N–H and O–H groups in total. The molecule has 0 bridgehead atoms. The van der Waals surface area contributed by atoms with Gasteiger partial charge in [0.1, 0.15) is 0 Å². The predicted octanol–water partition coefficient (Wildman–Crippen LogP) is 5.54. The van der Waals surface area contributed by atoms with Crippen LogP contribution in [0, 0.1) is 17.8 Å². The minimum absolute atomic E-state index is 0.856. The summed E-state index contributed by atoms with van der Waals surface area (Å²) >= 11 is 0. The minimum atomic E-state index is 0.856. The van der Waals surface area contributed by atoms with Crippen molar-refractivity contribution in [2.24, 2.45) is 17.8 Å². The van der Waals surface area contributed by atoms with Crippen LogP contribution in [0.3, 0.4) is 0 Å². The molecular formula is C19H37N. The second-order valence-corrected chi connectivity index (χ2v) is 7.31. The quantitative estimate of drug-likeness (QED) is 0.489. The lowest BCUT2D eigenvalue weighted by atomic mass is 10.0. The Labute approximate surface area is 127 Å². The maximum absolute atomic E-state index is 3.89. The second kappa shape index (κ2) is 9.07. The highest BCUT2D eigenvalue weighted by molar-refractivity contribution is 5.04. The van der Waals surface area contributed by atoms with Crippen molar-refractivity contribution in [3.63, 3.8) is 0 Å². The number of hydrogen-bond donors (Lipinski definition) is 1. The molecule has 118 valence electrons. The van der Waals surface area contributed by atoms with E-state index >= 15 is 0 Å². The zero-order valence-electron chi connectivity index (χ0n) is 14.0. The summed E-state index contributed by atoms with van der Waals surface area (Å²) in [5.41, 5.74) is 0. The molecule has 2 saturated carbocycles. The van der Waals surface area contributed by atoms with Gasteiger partial charge in [-0.1, -0.05) is 65.2 Å². The number of hydrogen-bond acceptors (Lipinski definition) is 1. The van der Waals surface area contributed by atoms with Crippen LogP contribution < -0.4 is 5.32 Å². The van der Waals surface area contributed by atoms with Gasteiger partial charge in [0.15, 0.2) is 0 Å². The predicted molar refractivity (Wildman–Crippen MR) is 89.0 cm³/mol. The average Bonchev–Trinajstić information content (AvgIpc) is 3.20. The first-order valence-corrected chi connectivity index (χ1v) is 9.61. The van der Waals surface area contributed by atoms with E-state index in [-0.39, 0.29) is 0 Å². The molecule has 2 aliphatic rings. The highest BCUT2D eigenvalue weighted by Gasteiger charge is 2.53. The van der Waals surface area contributed by atoms with Gasteiger partial charge in [0, 0.05) is 6.04 Å². The van der Waals surface area contributed by atoms with Crippen LogP contribution in [-0.2, 0) is 0 Å². The number of rotatable bonds is 11. The van der Waals surface area contributed by atoms with Crippen LogP contribution in [0.25, 0.3) is 0 Å². The first kappa shape index (κ1) is 16.3. The summed E-state index contributed by atoms with van der Waals surface area (Å²) < 4.78 is 0. The molecule has 0 saturated heterocycles. The van der Waals surface area contributed by atoms with Crippen LogP contribution >= 0.6 is 0 Å². The summed E-state index contributed by atoms with van der Waals surface area (Å²) in [5, 5.41) is 3.89. The van der Waals surface area contributed by atoms with E-state index in [1.807, 2.05) is 0 Å². The summed E-state index contributed by atoms with van der Waals surface area (Å²) in [6, 6.07) is 0.856. The Morgan fingerprint density at radius 1 is 0.850 bits per heavy atom. The summed E-state index contributed by atoms with van der Waals surface area (Å²) in [5.74, 6) is 3.27. The zero-order chi connectivity index (χ0) is 14.2. The molecule has 1 nitrogen and oxygen atoms in total. The van der Waals surface area contributed by atoms with Crippen molar-refractivity contribution >= 4 is 0 Å². The molecule has 0 radical (unpaired) electrons. The SMILES string of the molecule is CCCCCCCCC(NCCC)C1C2CCCCC21. The fourth-order valence-corrected chi connectivity index (χ4v) is 4.55. The summed E-state index contributed by atoms with van der Waals surface area (Å²) in [6.07, 6.45) is 17.5. The van der Waals surface area contributed by atoms with Crippen molar-refractivity contribution < 1.29 is 0 Å². The molecule has 3 atom stereocenters. The monoisotopic (exact) mass is 279 g/mol. The van der Waals surface area contributed by atoms with E-state index in [0.29, 0.717) is 0 Å². The smallest absolute Gasteiger partial charge is 0.0101 e. The van der Waals surface area contributed by atoms with E-state index in [1.54, 1.807) is 0 Å². The molecule has 0 aromatic rings. The fourth-order valence-electron chi connectivity index (χ4n) is 4.55. The molecule has 0 aromatic heterocycles. The van der Waals surface area contributed by atoms with Crippen LogP contribution in [0.15, 0.2) is 0 Å². The second-order valence-electron chi connectivity index (χ2n) is 7.31. The van der Waals surface area contributed by atoms with Crippen LogP contribution in [-0.4, -0.2) is 12.6 Å². The normalized spacial score (nSPS) is 30.0. The van der Waals surface area contributed by atoms with Gasteiger partial charge in [0.05, 0.1) is 0 Å².